The van der Waals surface area contributed by atoms with Gasteiger partial charge in [-0.2, -0.15) is 0 Å². The van der Waals surface area contributed by atoms with Crippen LogP contribution in [0.4, 0.5) is 11.5 Å². The normalized spacial score (nSPS) is 22.1. The van der Waals surface area contributed by atoms with Crippen LogP contribution in [0.1, 0.15) is 0 Å². The zero-order valence-electron chi connectivity index (χ0n) is 10.9. The van der Waals surface area contributed by atoms with E-state index in [0.29, 0.717) is 11.7 Å². The maximum atomic E-state index is 5.92. The monoisotopic (exact) mass is 313 g/mol. The summed E-state index contributed by atoms with van der Waals surface area (Å²) in [4.78, 5) is 9.02. The van der Waals surface area contributed by atoms with Gasteiger partial charge in [-0.15, -0.1) is 0 Å². The molecule has 0 saturated carbocycles. The molecular weight excluding hydrogens is 294 g/mol. The fourth-order valence-electron chi connectivity index (χ4n) is 2.14. The number of pyridine rings is 1. The largest absolute Gasteiger partial charge is 0.396 e. The summed E-state index contributed by atoms with van der Waals surface area (Å²) in [5, 5.41) is 3.34. The van der Waals surface area contributed by atoms with Gasteiger partial charge in [0.25, 0.3) is 0 Å². The van der Waals surface area contributed by atoms with Gasteiger partial charge >= 0.3 is 0 Å². The summed E-state index contributed by atoms with van der Waals surface area (Å²) in [5.74, 6) is 0.764. The molecule has 1 saturated heterocycles. The van der Waals surface area contributed by atoms with Crippen molar-refractivity contribution >= 4 is 27.4 Å². The molecule has 2 heterocycles. The topological polar surface area (TPSA) is 57.4 Å². The fraction of sp³-hybridized carbons (Fsp3) is 0.583. The first kappa shape index (κ1) is 13.6. The van der Waals surface area contributed by atoms with E-state index in [9.17, 15) is 0 Å². The molecule has 1 unspecified atom stereocenters. The van der Waals surface area contributed by atoms with Crippen LogP contribution in [0.3, 0.4) is 0 Å². The Kier molecular flexibility index (Phi) is 4.42. The third-order valence-electron chi connectivity index (χ3n) is 3.37. The number of anilines is 2. The molecule has 1 aliphatic heterocycles. The zero-order chi connectivity index (χ0) is 13.1. The average molecular weight is 314 g/mol. The van der Waals surface area contributed by atoms with Crippen LogP contribution >= 0.6 is 15.9 Å². The van der Waals surface area contributed by atoms with Crippen molar-refractivity contribution in [3.05, 3.63) is 16.7 Å². The van der Waals surface area contributed by atoms with Gasteiger partial charge in [-0.3, -0.25) is 4.90 Å². The average Bonchev–Trinajstić information content (AvgIpc) is 2.32. The van der Waals surface area contributed by atoms with E-state index < -0.39 is 0 Å². The second kappa shape index (κ2) is 5.86. The molecule has 6 heteroatoms. The first-order chi connectivity index (χ1) is 8.56. The molecule has 1 fully saturated rings. The Morgan fingerprint density at radius 1 is 1.50 bits per heavy atom. The second-order valence-corrected chi connectivity index (χ2v) is 5.78. The molecule has 18 heavy (non-hydrogen) atoms. The molecule has 2 rings (SSSR count). The molecule has 1 aromatic rings. The van der Waals surface area contributed by atoms with Crippen molar-refractivity contribution in [2.75, 3.05) is 51.3 Å². The van der Waals surface area contributed by atoms with E-state index in [4.69, 9.17) is 5.73 Å². The molecule has 0 aliphatic carbocycles. The first-order valence-electron chi connectivity index (χ1n) is 6.10. The summed E-state index contributed by atoms with van der Waals surface area (Å²) < 4.78 is 0.903. The highest BCUT2D eigenvalue weighted by Crippen LogP contribution is 2.20. The highest BCUT2D eigenvalue weighted by molar-refractivity contribution is 9.10. The zero-order valence-corrected chi connectivity index (χ0v) is 12.4. The fourth-order valence-corrected chi connectivity index (χ4v) is 2.49. The summed E-state index contributed by atoms with van der Waals surface area (Å²) in [6, 6.07) is 2.36. The Hall–Kier alpha value is -0.850. The molecular formula is C12H20BrN5. The molecule has 0 aromatic carbocycles. The van der Waals surface area contributed by atoms with Crippen molar-refractivity contribution in [2.24, 2.45) is 0 Å². The summed E-state index contributed by atoms with van der Waals surface area (Å²) in [7, 11) is 4.32. The van der Waals surface area contributed by atoms with Gasteiger partial charge in [0.2, 0.25) is 0 Å². The number of hydrogen-bond acceptors (Lipinski definition) is 5. The highest BCUT2D eigenvalue weighted by Gasteiger charge is 2.21. The minimum Gasteiger partial charge on any atom is -0.396 e. The lowest BCUT2D eigenvalue weighted by Crippen LogP contribution is -2.52. The van der Waals surface area contributed by atoms with Crippen molar-refractivity contribution in [1.82, 2.24) is 14.8 Å². The van der Waals surface area contributed by atoms with Gasteiger partial charge in [-0.25, -0.2) is 4.98 Å². The molecule has 5 nitrogen and oxygen atoms in total. The van der Waals surface area contributed by atoms with Crippen molar-refractivity contribution in [1.29, 1.82) is 0 Å². The molecule has 3 N–H and O–H groups in total. The predicted molar refractivity (Wildman–Crippen MR) is 78.8 cm³/mol. The van der Waals surface area contributed by atoms with Crippen LogP contribution in [0.15, 0.2) is 16.7 Å². The molecule has 1 atom stereocenters. The third kappa shape index (κ3) is 3.34. The van der Waals surface area contributed by atoms with Crippen LogP contribution < -0.4 is 11.1 Å². The molecule has 1 aromatic heterocycles. The molecule has 0 spiro atoms. The van der Waals surface area contributed by atoms with Gasteiger partial charge in [0.1, 0.15) is 5.82 Å². The SMILES string of the molecule is CN1CCN(C)C(CNc2ncc(Br)cc2N)C1. The van der Waals surface area contributed by atoms with Gasteiger partial charge in [-0.1, -0.05) is 0 Å². The summed E-state index contributed by atoms with van der Waals surface area (Å²) >= 11 is 3.36. The lowest BCUT2D eigenvalue weighted by Gasteiger charge is -2.37. The molecule has 1 aliphatic rings. The van der Waals surface area contributed by atoms with E-state index in [-0.39, 0.29) is 0 Å². The molecule has 100 valence electrons. The quantitative estimate of drug-likeness (QED) is 0.874. The minimum atomic E-state index is 0.494. The van der Waals surface area contributed by atoms with Crippen molar-refractivity contribution in [3.63, 3.8) is 0 Å². The van der Waals surface area contributed by atoms with Crippen LogP contribution in [0.25, 0.3) is 0 Å². The van der Waals surface area contributed by atoms with Crippen molar-refractivity contribution in [2.45, 2.75) is 6.04 Å². The number of nitrogens with one attached hydrogen (secondary N) is 1. The number of likely N-dealkylation sites (N-methyl/N-ethyl adjacent to an activating group) is 2. The van der Waals surface area contributed by atoms with Crippen molar-refractivity contribution in [3.8, 4) is 0 Å². The number of hydrogen-bond donors (Lipinski definition) is 2. The first-order valence-corrected chi connectivity index (χ1v) is 6.89. The second-order valence-electron chi connectivity index (χ2n) is 4.87. The number of piperazine rings is 1. The Morgan fingerprint density at radius 3 is 3.00 bits per heavy atom. The van der Waals surface area contributed by atoms with Gasteiger partial charge in [0.05, 0.1) is 5.69 Å². The summed E-state index contributed by atoms with van der Waals surface area (Å²) in [6.07, 6.45) is 1.76. The van der Waals surface area contributed by atoms with Crippen LogP contribution in [0, 0.1) is 0 Å². The van der Waals surface area contributed by atoms with Gasteiger partial charge < -0.3 is 16.0 Å². The number of nitrogen functional groups attached to an aromatic ring is 1. The predicted octanol–water partition coefficient (Wildman–Crippen LogP) is 1.08. The lowest BCUT2D eigenvalue weighted by molar-refractivity contribution is 0.122. The van der Waals surface area contributed by atoms with Crippen LogP contribution in [-0.2, 0) is 0 Å². The van der Waals surface area contributed by atoms with E-state index in [0.717, 1.165) is 36.5 Å². The molecule has 0 amide bonds. The van der Waals surface area contributed by atoms with Gasteiger partial charge in [-0.05, 0) is 36.1 Å². The number of nitrogens with zero attached hydrogens (tertiary/aromatic N) is 3. The van der Waals surface area contributed by atoms with E-state index in [1.807, 2.05) is 6.07 Å². The maximum absolute atomic E-state index is 5.92. The standard InChI is InChI=1S/C12H20BrN5/c1-17-3-4-18(2)10(8-17)7-16-12-11(14)5-9(13)6-15-12/h5-6,10H,3-4,7-8,14H2,1-2H3,(H,15,16). The number of halogens is 1. The Bertz CT molecular complexity index is 411. The van der Waals surface area contributed by atoms with Crippen LogP contribution in [0.2, 0.25) is 0 Å². The lowest BCUT2D eigenvalue weighted by atomic mass is 10.2. The van der Waals surface area contributed by atoms with Gasteiger partial charge in [0.15, 0.2) is 0 Å². The number of nitrogens with two attached hydrogens (primary N) is 1. The number of rotatable bonds is 3. The summed E-state index contributed by atoms with van der Waals surface area (Å²) in [6.45, 7) is 4.16. The van der Waals surface area contributed by atoms with Gasteiger partial charge in [0, 0.05) is 42.9 Å². The Labute approximate surface area is 116 Å². The van der Waals surface area contributed by atoms with Crippen LogP contribution in [-0.4, -0.2) is 61.1 Å². The van der Waals surface area contributed by atoms with E-state index in [2.05, 4.69) is 50.1 Å². The smallest absolute Gasteiger partial charge is 0.149 e. The molecule has 0 radical (unpaired) electrons. The van der Waals surface area contributed by atoms with Crippen molar-refractivity contribution < 1.29 is 0 Å². The minimum absolute atomic E-state index is 0.494. The summed E-state index contributed by atoms with van der Waals surface area (Å²) in [5.41, 5.74) is 6.60. The highest BCUT2D eigenvalue weighted by atomic mass is 79.9. The number of aromatic nitrogens is 1. The molecule has 0 bridgehead atoms. The van der Waals surface area contributed by atoms with E-state index in [1.165, 1.54) is 0 Å². The maximum Gasteiger partial charge on any atom is 0.149 e. The van der Waals surface area contributed by atoms with Crippen LogP contribution in [0.5, 0.6) is 0 Å². The van der Waals surface area contributed by atoms with E-state index in [1.54, 1.807) is 6.20 Å². The third-order valence-corrected chi connectivity index (χ3v) is 3.80. The van der Waals surface area contributed by atoms with E-state index >= 15 is 0 Å². The Morgan fingerprint density at radius 2 is 2.28 bits per heavy atom. The Balaban J connectivity index is 1.94.